The molecule has 0 rings (SSSR count). The molecule has 0 amide bonds. The van der Waals surface area contributed by atoms with Gasteiger partial charge in [0.2, 0.25) is 0 Å². The third-order valence-electron chi connectivity index (χ3n) is 0. The van der Waals surface area contributed by atoms with Crippen LogP contribution in [-0.2, 0) is 0 Å². The van der Waals surface area contributed by atoms with Crippen molar-refractivity contribution in [2.45, 2.75) is 0 Å². The van der Waals surface area contributed by atoms with Gasteiger partial charge < -0.3 is 15.3 Å². The van der Waals surface area contributed by atoms with Crippen LogP contribution >= 0.6 is 0 Å². The zero-order valence-electron chi connectivity index (χ0n) is 4.89. The molecule has 0 aliphatic rings. The molecule has 0 aliphatic heterocycles. The van der Waals surface area contributed by atoms with E-state index in [2.05, 4.69) is 0 Å². The van der Waals surface area contributed by atoms with E-state index in [1.165, 1.54) is 0 Å². The van der Waals surface area contributed by atoms with Crippen LogP contribution in [0.25, 0.3) is 0 Å². The maximum Gasteiger partial charge on any atom is 2.00 e. The molecule has 0 atom stereocenters. The van der Waals surface area contributed by atoms with Crippen molar-refractivity contribution in [1.29, 1.82) is 0 Å². The maximum atomic E-state index is 8.49. The Kier molecular flexibility index (Phi) is 22.7. The molecule has 0 unspecified atom stereocenters. The van der Waals surface area contributed by atoms with Gasteiger partial charge in [-0.3, -0.25) is 0 Å². The average molecular weight is 393 g/mol. The smallest absolute Gasteiger partial charge is 0.356 e. The second-order valence-corrected chi connectivity index (χ2v) is 1.36. The normalized spacial score (nSPS) is 7.64. The molecule has 0 fully saturated rings. The Morgan fingerprint density at radius 1 is 1.00 bits per heavy atom. The van der Waals surface area contributed by atoms with Crippen LogP contribution in [0.15, 0.2) is 0 Å². The second-order valence-electron chi connectivity index (χ2n) is 0.602. The summed E-state index contributed by atoms with van der Waals surface area (Å²) in [6, 6.07) is 0. The average Bonchev–Trinajstić information content (AvgIpc) is 1.19. The summed E-state index contributed by atoms with van der Waals surface area (Å²) in [5, 5.41) is 14.8. The van der Waals surface area contributed by atoms with Crippen molar-refractivity contribution < 1.29 is 34.0 Å². The first kappa shape index (κ1) is 22.7. The molecule has 60 valence electrons. The number of nitrogens with zero attached hydrogens (tertiary/aromatic N) is 1. The van der Waals surface area contributed by atoms with E-state index >= 15 is 0 Å². The van der Waals surface area contributed by atoms with Crippen LogP contribution in [-0.4, -0.2) is 55.4 Å². The van der Waals surface area contributed by atoms with Crippen LogP contribution in [0.3, 0.4) is 0 Å². The first-order valence-corrected chi connectivity index (χ1v) is 2.40. The Labute approximate surface area is 99.0 Å². The molecule has 8 nitrogen and oxygen atoms in total. The standard InChI is InChI=1S/ClHO4.Mg.NO3.Pb/c2-1(3,4)5;;2-1(3)4;/h(H,2,3,4,5);;;/q;+2;-1;/p-1. The topological polar surface area (TPSA) is 158 Å². The van der Waals surface area contributed by atoms with Crippen LogP contribution in [0, 0.1) is 25.6 Å². The van der Waals surface area contributed by atoms with E-state index in [4.69, 9.17) is 34.0 Å². The Balaban J connectivity index is -0.0000000383. The van der Waals surface area contributed by atoms with Crippen LogP contribution in [0.1, 0.15) is 0 Å². The van der Waals surface area contributed by atoms with Gasteiger partial charge in [0.1, 0.15) is 0 Å². The van der Waals surface area contributed by atoms with Crippen LogP contribution < -0.4 is 18.6 Å². The van der Waals surface area contributed by atoms with Crippen molar-refractivity contribution in [3.63, 3.8) is 0 Å². The summed E-state index contributed by atoms with van der Waals surface area (Å²) in [5.41, 5.74) is 0. The van der Waals surface area contributed by atoms with E-state index in [0.29, 0.717) is 0 Å². The Morgan fingerprint density at radius 2 is 1.00 bits per heavy atom. The van der Waals surface area contributed by atoms with Crippen molar-refractivity contribution in [3.8, 4) is 0 Å². The zero-order chi connectivity index (χ0) is 8.08. The molecule has 0 N–H and O–H groups in total. The molecule has 0 aliphatic carbocycles. The van der Waals surface area contributed by atoms with Crippen LogP contribution in [0.4, 0.5) is 0 Å². The molecule has 11 heavy (non-hydrogen) atoms. The SMILES string of the molecule is O=[N+]([O-])[O-].[Mg+2].[O-][Cl+3]([O-])([O-])[O-].[Pb]. The Hall–Kier alpha value is 1.02. The van der Waals surface area contributed by atoms with Crippen molar-refractivity contribution in [2.24, 2.45) is 0 Å². The number of halogens is 1. The van der Waals surface area contributed by atoms with Gasteiger partial charge in [-0.05, 0) is 0 Å². The van der Waals surface area contributed by atoms with E-state index in [0.717, 1.165) is 0 Å². The minimum Gasteiger partial charge on any atom is -0.356 e. The van der Waals surface area contributed by atoms with Gasteiger partial charge >= 0.3 is 23.1 Å². The molecule has 0 aromatic rings. The summed E-state index contributed by atoms with van der Waals surface area (Å²) in [7, 11) is -4.94. The van der Waals surface area contributed by atoms with Gasteiger partial charge in [-0.2, -0.15) is 0 Å². The first-order valence-electron chi connectivity index (χ1n) is 1.16. The third-order valence-corrected chi connectivity index (χ3v) is 0. The summed E-state index contributed by atoms with van der Waals surface area (Å²) in [4.78, 5) is 8.25. The summed E-state index contributed by atoms with van der Waals surface area (Å²) in [5.74, 6) is 0. The molecule has 4 radical (unpaired) electrons. The third kappa shape index (κ3) is 864. The molecular weight excluding hydrogens is 393 g/mol. The summed E-state index contributed by atoms with van der Waals surface area (Å²) >= 11 is 0. The molecule has 0 aromatic carbocycles. The molecule has 11 heteroatoms. The predicted octanol–water partition coefficient (Wildman–Crippen LogP) is -5.76. The predicted molar refractivity (Wildman–Crippen MR) is 21.9 cm³/mol. The second kappa shape index (κ2) is 11.0. The molecule has 0 saturated heterocycles. The van der Waals surface area contributed by atoms with Crippen molar-refractivity contribution in [2.75, 3.05) is 0 Å². The van der Waals surface area contributed by atoms with E-state index < -0.39 is 15.3 Å². The van der Waals surface area contributed by atoms with Gasteiger partial charge in [-0.15, -0.1) is 10.2 Å². The fourth-order valence-electron chi connectivity index (χ4n) is 0. The van der Waals surface area contributed by atoms with Gasteiger partial charge in [0, 0.05) is 27.3 Å². The van der Waals surface area contributed by atoms with Crippen molar-refractivity contribution in [3.05, 3.63) is 15.3 Å². The largest absolute Gasteiger partial charge is 2.00 e. The Morgan fingerprint density at radius 3 is 1.00 bits per heavy atom. The molecule has 0 aromatic heterocycles. The van der Waals surface area contributed by atoms with Gasteiger partial charge in [0.05, 0.1) is 5.09 Å². The molecular formula is ClMgNO7Pb. The summed E-state index contributed by atoms with van der Waals surface area (Å²) in [6.07, 6.45) is 0. The van der Waals surface area contributed by atoms with E-state index in [-0.39, 0.29) is 50.4 Å². The molecule has 0 saturated carbocycles. The fourth-order valence-corrected chi connectivity index (χ4v) is 0. The van der Waals surface area contributed by atoms with E-state index in [1.807, 2.05) is 0 Å². The Bertz CT molecular complexity index is 80.9. The number of hydrogen-bond donors (Lipinski definition) is 0. The minimum atomic E-state index is -4.94. The van der Waals surface area contributed by atoms with Crippen molar-refractivity contribution >= 4 is 50.4 Å². The van der Waals surface area contributed by atoms with E-state index in [9.17, 15) is 0 Å². The van der Waals surface area contributed by atoms with Gasteiger partial charge in [0.25, 0.3) is 0 Å². The minimum absolute atomic E-state index is 0. The van der Waals surface area contributed by atoms with Crippen LogP contribution in [0.5, 0.6) is 0 Å². The maximum absolute atomic E-state index is 8.49. The monoisotopic (exact) mass is 393 g/mol. The quantitative estimate of drug-likeness (QED) is 0.225. The molecule has 0 heterocycles. The van der Waals surface area contributed by atoms with Gasteiger partial charge in [-0.1, -0.05) is 0 Å². The number of rotatable bonds is 0. The van der Waals surface area contributed by atoms with E-state index in [1.54, 1.807) is 0 Å². The zero-order valence-corrected chi connectivity index (χ0v) is 10.9. The molecule has 0 spiro atoms. The van der Waals surface area contributed by atoms with Gasteiger partial charge in [-0.25, -0.2) is 18.6 Å². The van der Waals surface area contributed by atoms with Gasteiger partial charge in [0.15, 0.2) is 0 Å². The summed E-state index contributed by atoms with van der Waals surface area (Å²) < 4.78 is 34.0. The fraction of sp³-hybridized carbons (Fsp3) is 0. The first-order chi connectivity index (χ1) is 3.73. The summed E-state index contributed by atoms with van der Waals surface area (Å²) in [6.45, 7) is 0. The number of hydrogen-bond acceptors (Lipinski definition) is 7. The van der Waals surface area contributed by atoms with Crippen LogP contribution in [0.2, 0.25) is 0 Å². The van der Waals surface area contributed by atoms with Crippen molar-refractivity contribution in [1.82, 2.24) is 0 Å². The molecule has 0 bridgehead atoms.